The second kappa shape index (κ2) is 5.67. The lowest BCUT2D eigenvalue weighted by Gasteiger charge is -2.28. The number of aromatic nitrogens is 4. The first-order chi connectivity index (χ1) is 11.3. The van der Waals surface area contributed by atoms with Crippen LogP contribution in [0.4, 0.5) is 0 Å². The average Bonchev–Trinajstić information content (AvgIpc) is 3.18. The van der Waals surface area contributed by atoms with E-state index in [2.05, 4.69) is 20.6 Å². The van der Waals surface area contributed by atoms with Crippen molar-refractivity contribution in [1.29, 1.82) is 5.26 Å². The van der Waals surface area contributed by atoms with Crippen molar-refractivity contribution in [2.24, 2.45) is 5.92 Å². The minimum atomic E-state index is 0.0709. The smallest absolute Gasteiger partial charge is 0.139 e. The molecule has 1 aliphatic carbocycles. The summed E-state index contributed by atoms with van der Waals surface area (Å²) in [6.45, 7) is 0.0709. The Hall–Kier alpha value is -2.39. The maximum atomic E-state index is 9.41. The second-order valence-electron chi connectivity index (χ2n) is 6.25. The minimum Gasteiger partial charge on any atom is -0.396 e. The predicted octanol–water partition coefficient (Wildman–Crippen LogP) is 2.70. The van der Waals surface area contributed by atoms with Crippen LogP contribution in [0.1, 0.15) is 37.5 Å². The zero-order valence-electron chi connectivity index (χ0n) is 12.9. The lowest BCUT2D eigenvalue weighted by molar-refractivity contribution is 0.280. The molecule has 23 heavy (non-hydrogen) atoms. The number of fused-ring (bicyclic) bond motifs is 3. The van der Waals surface area contributed by atoms with Gasteiger partial charge in [-0.3, -0.25) is 0 Å². The monoisotopic (exact) mass is 309 g/mol. The SMILES string of the molecule is N#C[C@@H]1CCC[C@@H](n2c(CCO)nc3cnc4[nH]ccc4c32)C1. The highest BCUT2D eigenvalue weighted by Crippen LogP contribution is 2.37. The Morgan fingerprint density at radius 2 is 2.35 bits per heavy atom. The molecule has 118 valence electrons. The number of aliphatic hydroxyl groups excluding tert-OH is 1. The van der Waals surface area contributed by atoms with Crippen molar-refractivity contribution in [2.75, 3.05) is 6.61 Å². The number of nitrogens with one attached hydrogen (secondary N) is 1. The number of hydrogen-bond donors (Lipinski definition) is 2. The molecule has 0 amide bonds. The van der Waals surface area contributed by atoms with Crippen LogP contribution >= 0.6 is 0 Å². The number of nitrogens with zero attached hydrogens (tertiary/aromatic N) is 4. The van der Waals surface area contributed by atoms with Gasteiger partial charge in [-0.15, -0.1) is 0 Å². The number of nitriles is 1. The van der Waals surface area contributed by atoms with Crippen molar-refractivity contribution in [2.45, 2.75) is 38.1 Å². The van der Waals surface area contributed by atoms with Gasteiger partial charge in [-0.05, 0) is 25.3 Å². The van der Waals surface area contributed by atoms with Gasteiger partial charge < -0.3 is 14.7 Å². The first-order valence-corrected chi connectivity index (χ1v) is 8.15. The maximum absolute atomic E-state index is 9.41. The largest absolute Gasteiger partial charge is 0.396 e. The zero-order valence-corrected chi connectivity index (χ0v) is 12.9. The number of aliphatic hydroxyl groups is 1. The molecule has 1 saturated carbocycles. The first-order valence-electron chi connectivity index (χ1n) is 8.15. The van der Waals surface area contributed by atoms with Crippen LogP contribution in [0.2, 0.25) is 0 Å². The molecule has 0 spiro atoms. The number of imidazole rings is 1. The zero-order chi connectivity index (χ0) is 15.8. The van der Waals surface area contributed by atoms with E-state index in [1.54, 1.807) is 6.20 Å². The summed E-state index contributed by atoms with van der Waals surface area (Å²) < 4.78 is 2.26. The number of H-pyrrole nitrogens is 1. The second-order valence-corrected chi connectivity index (χ2v) is 6.25. The van der Waals surface area contributed by atoms with Gasteiger partial charge in [0.2, 0.25) is 0 Å². The van der Waals surface area contributed by atoms with Gasteiger partial charge in [-0.25, -0.2) is 9.97 Å². The van der Waals surface area contributed by atoms with Gasteiger partial charge in [0.1, 0.15) is 17.0 Å². The molecular weight excluding hydrogens is 290 g/mol. The summed E-state index contributed by atoms with van der Waals surface area (Å²) in [5, 5.41) is 19.8. The van der Waals surface area contributed by atoms with Gasteiger partial charge in [0.25, 0.3) is 0 Å². The summed E-state index contributed by atoms with van der Waals surface area (Å²) >= 11 is 0. The number of hydrogen-bond acceptors (Lipinski definition) is 4. The van der Waals surface area contributed by atoms with Crippen molar-refractivity contribution in [1.82, 2.24) is 19.5 Å². The molecule has 3 heterocycles. The van der Waals surface area contributed by atoms with Gasteiger partial charge in [-0.2, -0.15) is 5.26 Å². The van der Waals surface area contributed by atoms with Crippen molar-refractivity contribution < 1.29 is 5.11 Å². The molecule has 2 atom stereocenters. The van der Waals surface area contributed by atoms with E-state index in [-0.39, 0.29) is 18.6 Å². The molecule has 1 fully saturated rings. The van der Waals surface area contributed by atoms with Crippen LogP contribution in [-0.4, -0.2) is 31.2 Å². The van der Waals surface area contributed by atoms with Crippen molar-refractivity contribution in [3.63, 3.8) is 0 Å². The topological polar surface area (TPSA) is 90.5 Å². The van der Waals surface area contributed by atoms with Crippen LogP contribution in [0.15, 0.2) is 18.5 Å². The number of pyridine rings is 1. The summed E-state index contributed by atoms with van der Waals surface area (Å²) in [5.74, 6) is 0.998. The molecule has 0 unspecified atom stereocenters. The normalized spacial score (nSPS) is 21.7. The van der Waals surface area contributed by atoms with E-state index in [1.165, 1.54) is 0 Å². The van der Waals surface area contributed by atoms with E-state index in [4.69, 9.17) is 4.98 Å². The van der Waals surface area contributed by atoms with E-state index < -0.39 is 0 Å². The third-order valence-corrected chi connectivity index (χ3v) is 4.84. The fourth-order valence-electron chi connectivity index (χ4n) is 3.83. The predicted molar refractivity (Wildman–Crippen MR) is 86.8 cm³/mol. The van der Waals surface area contributed by atoms with Crippen molar-refractivity contribution in [3.05, 3.63) is 24.3 Å². The van der Waals surface area contributed by atoms with E-state index in [9.17, 15) is 10.4 Å². The molecular formula is C17H19N5O. The lowest BCUT2D eigenvalue weighted by atomic mass is 9.86. The van der Waals surface area contributed by atoms with E-state index in [0.29, 0.717) is 6.42 Å². The van der Waals surface area contributed by atoms with Crippen LogP contribution < -0.4 is 0 Å². The Kier molecular flexibility index (Phi) is 3.50. The maximum Gasteiger partial charge on any atom is 0.139 e. The molecule has 0 radical (unpaired) electrons. The summed E-state index contributed by atoms with van der Waals surface area (Å²) in [4.78, 5) is 12.3. The first kappa shape index (κ1) is 14.2. The van der Waals surface area contributed by atoms with Gasteiger partial charge in [0.15, 0.2) is 0 Å². The molecule has 2 N–H and O–H groups in total. The third kappa shape index (κ3) is 2.28. The van der Waals surface area contributed by atoms with Crippen molar-refractivity contribution >= 4 is 22.1 Å². The number of rotatable bonds is 3. The highest BCUT2D eigenvalue weighted by Gasteiger charge is 2.27. The minimum absolute atomic E-state index is 0.0709. The lowest BCUT2D eigenvalue weighted by Crippen LogP contribution is -2.20. The Labute approximate surface area is 133 Å². The summed E-state index contributed by atoms with van der Waals surface area (Å²) in [6, 6.07) is 4.71. The van der Waals surface area contributed by atoms with Gasteiger partial charge >= 0.3 is 0 Å². The standard InChI is InChI=1S/C17H19N5O/c18-9-11-2-1-3-12(8-11)22-15(5-7-23)21-14-10-20-17-13(16(14)22)4-6-19-17/h4,6,10-12,23H,1-3,5,7-8H2,(H,19,20)/t11-,12-/m1/s1. The van der Waals surface area contributed by atoms with E-state index >= 15 is 0 Å². The van der Waals surface area contributed by atoms with Crippen LogP contribution in [0, 0.1) is 17.2 Å². The molecule has 0 aliphatic heterocycles. The molecule has 0 bridgehead atoms. The Balaban J connectivity index is 1.93. The fraction of sp³-hybridized carbons (Fsp3) is 0.471. The highest BCUT2D eigenvalue weighted by molar-refractivity contribution is 6.01. The van der Waals surface area contributed by atoms with Crippen LogP contribution in [0.25, 0.3) is 22.1 Å². The molecule has 1 aliphatic rings. The summed E-state index contributed by atoms with van der Waals surface area (Å²) in [5.41, 5.74) is 2.78. The quantitative estimate of drug-likeness (QED) is 0.778. The molecule has 6 heteroatoms. The fourth-order valence-corrected chi connectivity index (χ4v) is 3.83. The third-order valence-electron chi connectivity index (χ3n) is 4.84. The van der Waals surface area contributed by atoms with E-state index in [1.807, 2.05) is 12.3 Å². The molecule has 4 rings (SSSR count). The van der Waals surface area contributed by atoms with Gasteiger partial charge in [0, 0.05) is 30.0 Å². The van der Waals surface area contributed by atoms with Crippen LogP contribution in [-0.2, 0) is 6.42 Å². The Bertz CT molecular complexity index is 888. The van der Waals surface area contributed by atoms with E-state index in [0.717, 1.165) is 53.6 Å². The van der Waals surface area contributed by atoms with Gasteiger partial charge in [-0.1, -0.05) is 6.42 Å². The number of aromatic amines is 1. The summed E-state index contributed by atoms with van der Waals surface area (Å²) in [7, 11) is 0. The molecule has 3 aromatic heterocycles. The van der Waals surface area contributed by atoms with Crippen LogP contribution in [0.3, 0.4) is 0 Å². The highest BCUT2D eigenvalue weighted by atomic mass is 16.3. The Morgan fingerprint density at radius 3 is 3.17 bits per heavy atom. The van der Waals surface area contributed by atoms with Crippen LogP contribution in [0.5, 0.6) is 0 Å². The molecule has 0 saturated heterocycles. The summed E-state index contributed by atoms with van der Waals surface area (Å²) in [6.07, 6.45) is 8.15. The van der Waals surface area contributed by atoms with Gasteiger partial charge in [0.05, 0.1) is 24.4 Å². The average molecular weight is 309 g/mol. The van der Waals surface area contributed by atoms with Crippen molar-refractivity contribution in [3.8, 4) is 6.07 Å². The molecule has 6 nitrogen and oxygen atoms in total. The molecule has 3 aromatic rings. The molecule has 0 aromatic carbocycles. The Morgan fingerprint density at radius 1 is 1.43 bits per heavy atom.